The summed E-state index contributed by atoms with van der Waals surface area (Å²) in [5, 5.41) is 8.72. The molecular formula is C13H14O2. The Balaban J connectivity index is 2.66. The Morgan fingerprint density at radius 2 is 2.00 bits per heavy atom. The fourth-order valence-corrected chi connectivity index (χ4v) is 1.13. The molecule has 0 aliphatic rings. The lowest BCUT2D eigenvalue weighted by molar-refractivity contribution is -0.133. The maximum atomic E-state index is 10.6. The lowest BCUT2D eigenvalue weighted by atomic mass is 10.0. The van der Waals surface area contributed by atoms with Crippen molar-refractivity contribution < 1.29 is 9.90 Å². The molecule has 1 N–H and O–H groups in total. The molecule has 1 aromatic carbocycles. The normalized spacial score (nSPS) is 12.6. The van der Waals surface area contributed by atoms with Crippen LogP contribution in [0.4, 0.5) is 0 Å². The maximum absolute atomic E-state index is 10.6. The molecule has 2 heteroatoms. The van der Waals surface area contributed by atoms with Gasteiger partial charge in [-0.25, -0.2) is 4.79 Å². The van der Waals surface area contributed by atoms with Crippen molar-refractivity contribution in [1.82, 2.24) is 0 Å². The molecule has 0 amide bonds. The standard InChI is InChI=1S/C13H14O2/c1-10(11(2)13(14)15)8-9-12-6-4-3-5-7-12/h3-10H,2H2,1H3,(H,14,15). The van der Waals surface area contributed by atoms with Crippen LogP contribution in [0.2, 0.25) is 0 Å². The second kappa shape index (κ2) is 5.15. The van der Waals surface area contributed by atoms with Gasteiger partial charge in [0, 0.05) is 11.5 Å². The molecular weight excluding hydrogens is 188 g/mol. The van der Waals surface area contributed by atoms with Crippen molar-refractivity contribution in [3.05, 3.63) is 54.1 Å². The molecule has 1 rings (SSSR count). The third-order valence-corrected chi connectivity index (χ3v) is 2.20. The highest BCUT2D eigenvalue weighted by molar-refractivity contribution is 5.86. The fraction of sp³-hybridized carbons (Fsp3) is 0.154. The number of carboxylic acids is 1. The first kappa shape index (κ1) is 11.2. The molecule has 0 heterocycles. The molecule has 78 valence electrons. The van der Waals surface area contributed by atoms with Gasteiger partial charge in [-0.2, -0.15) is 0 Å². The highest BCUT2D eigenvalue weighted by Crippen LogP contribution is 2.12. The molecule has 1 atom stereocenters. The summed E-state index contributed by atoms with van der Waals surface area (Å²) in [6.45, 7) is 5.33. The third-order valence-electron chi connectivity index (χ3n) is 2.20. The average Bonchev–Trinajstić information content (AvgIpc) is 2.26. The van der Waals surface area contributed by atoms with Gasteiger partial charge in [0.25, 0.3) is 0 Å². The van der Waals surface area contributed by atoms with E-state index < -0.39 is 5.97 Å². The van der Waals surface area contributed by atoms with Gasteiger partial charge in [0.2, 0.25) is 0 Å². The van der Waals surface area contributed by atoms with E-state index in [-0.39, 0.29) is 11.5 Å². The molecule has 1 unspecified atom stereocenters. The summed E-state index contributed by atoms with van der Waals surface area (Å²) in [4.78, 5) is 10.6. The molecule has 15 heavy (non-hydrogen) atoms. The summed E-state index contributed by atoms with van der Waals surface area (Å²) in [6.07, 6.45) is 3.74. The van der Waals surface area contributed by atoms with Crippen LogP contribution in [0, 0.1) is 5.92 Å². The van der Waals surface area contributed by atoms with Crippen LogP contribution in [0.5, 0.6) is 0 Å². The van der Waals surface area contributed by atoms with Crippen molar-refractivity contribution >= 4 is 12.0 Å². The number of allylic oxidation sites excluding steroid dienone is 1. The third kappa shape index (κ3) is 3.43. The highest BCUT2D eigenvalue weighted by atomic mass is 16.4. The molecule has 0 saturated carbocycles. The Morgan fingerprint density at radius 3 is 2.53 bits per heavy atom. The van der Waals surface area contributed by atoms with Gasteiger partial charge < -0.3 is 5.11 Å². The van der Waals surface area contributed by atoms with Crippen molar-refractivity contribution in [2.24, 2.45) is 5.92 Å². The number of aliphatic carboxylic acids is 1. The Labute approximate surface area is 89.6 Å². The topological polar surface area (TPSA) is 37.3 Å². The minimum absolute atomic E-state index is 0.150. The van der Waals surface area contributed by atoms with Crippen molar-refractivity contribution in [2.45, 2.75) is 6.92 Å². The summed E-state index contributed by atoms with van der Waals surface area (Å²) in [6, 6.07) is 9.75. The lowest BCUT2D eigenvalue weighted by Crippen LogP contribution is -2.05. The lowest BCUT2D eigenvalue weighted by Gasteiger charge is -2.04. The summed E-state index contributed by atoms with van der Waals surface area (Å²) in [5.41, 5.74) is 1.27. The van der Waals surface area contributed by atoms with Crippen LogP contribution < -0.4 is 0 Å². The molecule has 0 aliphatic heterocycles. The molecule has 0 aliphatic carbocycles. The minimum Gasteiger partial charge on any atom is -0.478 e. The Hall–Kier alpha value is -1.83. The van der Waals surface area contributed by atoms with Crippen molar-refractivity contribution in [2.75, 3.05) is 0 Å². The van der Waals surface area contributed by atoms with Crippen LogP contribution in [0.25, 0.3) is 6.08 Å². The van der Waals surface area contributed by atoms with Gasteiger partial charge in [0.1, 0.15) is 0 Å². The molecule has 0 spiro atoms. The first-order valence-electron chi connectivity index (χ1n) is 4.76. The molecule has 0 fully saturated rings. The van der Waals surface area contributed by atoms with Gasteiger partial charge in [-0.3, -0.25) is 0 Å². The summed E-state index contributed by atoms with van der Waals surface area (Å²) < 4.78 is 0. The predicted molar refractivity (Wildman–Crippen MR) is 61.4 cm³/mol. The number of rotatable bonds is 4. The van der Waals surface area contributed by atoms with Crippen molar-refractivity contribution in [1.29, 1.82) is 0 Å². The van der Waals surface area contributed by atoms with E-state index in [1.54, 1.807) is 0 Å². The summed E-state index contributed by atoms with van der Waals surface area (Å²) in [5.74, 6) is -1.09. The smallest absolute Gasteiger partial charge is 0.331 e. The SMILES string of the molecule is C=C(C(=O)O)C(C)C=Cc1ccccc1. The zero-order valence-corrected chi connectivity index (χ0v) is 8.68. The highest BCUT2D eigenvalue weighted by Gasteiger charge is 2.09. The monoisotopic (exact) mass is 202 g/mol. The number of benzene rings is 1. The van der Waals surface area contributed by atoms with E-state index in [1.165, 1.54) is 0 Å². The number of hydrogen-bond donors (Lipinski definition) is 1. The predicted octanol–water partition coefficient (Wildman–Crippen LogP) is 2.98. The molecule has 0 aromatic heterocycles. The number of hydrogen-bond acceptors (Lipinski definition) is 1. The second-order valence-corrected chi connectivity index (χ2v) is 3.39. The van der Waals surface area contributed by atoms with Gasteiger partial charge in [-0.05, 0) is 5.56 Å². The van der Waals surface area contributed by atoms with E-state index in [1.807, 2.05) is 49.4 Å². The quantitative estimate of drug-likeness (QED) is 0.762. The molecule has 0 bridgehead atoms. The molecule has 0 saturated heterocycles. The van der Waals surface area contributed by atoms with E-state index in [0.29, 0.717) is 0 Å². The summed E-state index contributed by atoms with van der Waals surface area (Å²) >= 11 is 0. The largest absolute Gasteiger partial charge is 0.478 e. The Bertz CT molecular complexity index is 377. The van der Waals surface area contributed by atoms with E-state index >= 15 is 0 Å². The van der Waals surface area contributed by atoms with Crippen LogP contribution in [0.3, 0.4) is 0 Å². The zero-order chi connectivity index (χ0) is 11.3. The van der Waals surface area contributed by atoms with Gasteiger partial charge in [-0.1, -0.05) is 56.0 Å². The fourth-order valence-electron chi connectivity index (χ4n) is 1.13. The van der Waals surface area contributed by atoms with Crippen LogP contribution >= 0.6 is 0 Å². The summed E-state index contributed by atoms with van der Waals surface area (Å²) in [7, 11) is 0. The van der Waals surface area contributed by atoms with Crippen molar-refractivity contribution in [3.8, 4) is 0 Å². The van der Waals surface area contributed by atoms with Gasteiger partial charge >= 0.3 is 5.97 Å². The van der Waals surface area contributed by atoms with E-state index in [4.69, 9.17) is 5.11 Å². The van der Waals surface area contributed by atoms with E-state index in [2.05, 4.69) is 6.58 Å². The molecule has 1 aromatic rings. The maximum Gasteiger partial charge on any atom is 0.331 e. The van der Waals surface area contributed by atoms with Crippen LogP contribution in [-0.2, 0) is 4.79 Å². The number of carbonyl (C=O) groups is 1. The first-order valence-corrected chi connectivity index (χ1v) is 4.76. The van der Waals surface area contributed by atoms with E-state index in [9.17, 15) is 4.79 Å². The van der Waals surface area contributed by atoms with Gasteiger partial charge in [0.15, 0.2) is 0 Å². The van der Waals surface area contributed by atoms with Gasteiger partial charge in [0.05, 0.1) is 0 Å². The van der Waals surface area contributed by atoms with E-state index in [0.717, 1.165) is 5.56 Å². The minimum atomic E-state index is -0.944. The number of carboxylic acid groups (broad SMARTS) is 1. The van der Waals surface area contributed by atoms with Crippen LogP contribution in [0.15, 0.2) is 48.6 Å². The Morgan fingerprint density at radius 1 is 1.40 bits per heavy atom. The average molecular weight is 202 g/mol. The second-order valence-electron chi connectivity index (χ2n) is 3.39. The molecule has 2 nitrogen and oxygen atoms in total. The first-order chi connectivity index (χ1) is 7.11. The van der Waals surface area contributed by atoms with Crippen LogP contribution in [-0.4, -0.2) is 11.1 Å². The van der Waals surface area contributed by atoms with Gasteiger partial charge in [-0.15, -0.1) is 0 Å². The van der Waals surface area contributed by atoms with Crippen molar-refractivity contribution in [3.63, 3.8) is 0 Å². The van der Waals surface area contributed by atoms with Crippen LogP contribution in [0.1, 0.15) is 12.5 Å². The Kier molecular flexibility index (Phi) is 3.86. The molecule has 0 radical (unpaired) electrons. The zero-order valence-electron chi connectivity index (χ0n) is 8.68.